The number of rotatable bonds is 7. The molecular weight excluding hydrogens is 455 g/mol. The molecule has 1 aliphatic rings. The summed E-state index contributed by atoms with van der Waals surface area (Å²) in [5, 5.41) is 0. The van der Waals surface area contributed by atoms with Crippen LogP contribution in [0.3, 0.4) is 0 Å². The Hall–Kier alpha value is -2.59. The first-order valence-corrected chi connectivity index (χ1v) is 12.3. The molecule has 0 spiro atoms. The summed E-state index contributed by atoms with van der Waals surface area (Å²) in [4.78, 5) is 16.7. The van der Waals surface area contributed by atoms with Crippen LogP contribution in [0.25, 0.3) is 0 Å². The van der Waals surface area contributed by atoms with Crippen molar-refractivity contribution in [2.45, 2.75) is 37.4 Å². The zero-order chi connectivity index (χ0) is 24.2. The quantitative estimate of drug-likeness (QED) is 0.651. The van der Waals surface area contributed by atoms with Crippen molar-refractivity contribution in [3.05, 3.63) is 60.2 Å². The highest BCUT2D eigenvalue weighted by Gasteiger charge is 2.35. The summed E-state index contributed by atoms with van der Waals surface area (Å²) in [5.74, 6) is -0.565. The number of benzene rings is 2. The van der Waals surface area contributed by atoms with Gasteiger partial charge in [0.25, 0.3) is 0 Å². The number of sulfonamides is 1. The van der Waals surface area contributed by atoms with E-state index >= 15 is 0 Å². The van der Waals surface area contributed by atoms with Crippen LogP contribution in [0.2, 0.25) is 0 Å². The Bertz CT molecular complexity index is 1050. The molecular formula is C23H28F3N3O3S. The predicted octanol–water partition coefficient (Wildman–Crippen LogP) is 3.75. The number of amides is 1. The molecule has 1 N–H and O–H groups in total. The van der Waals surface area contributed by atoms with Crippen molar-refractivity contribution in [2.24, 2.45) is 5.92 Å². The Morgan fingerprint density at radius 3 is 2.24 bits per heavy atom. The van der Waals surface area contributed by atoms with Gasteiger partial charge in [0.1, 0.15) is 6.04 Å². The SMILES string of the molecule is CCC(C)C(NS(=O)(=O)c1ccccc1)C(=O)N1CCN(c2cccc(C(F)(F)F)c2)CC1. The van der Waals surface area contributed by atoms with Crippen LogP contribution in [0.15, 0.2) is 59.5 Å². The molecule has 0 saturated carbocycles. The van der Waals surface area contributed by atoms with E-state index in [0.717, 1.165) is 12.1 Å². The van der Waals surface area contributed by atoms with Gasteiger partial charge in [-0.1, -0.05) is 44.5 Å². The average Bonchev–Trinajstić information content (AvgIpc) is 2.82. The number of halogens is 3. The van der Waals surface area contributed by atoms with E-state index < -0.39 is 27.8 Å². The van der Waals surface area contributed by atoms with Gasteiger partial charge >= 0.3 is 6.18 Å². The second kappa shape index (κ2) is 10.1. The lowest BCUT2D eigenvalue weighted by Crippen LogP contribution is -2.56. The monoisotopic (exact) mass is 483 g/mol. The summed E-state index contributed by atoms with van der Waals surface area (Å²) in [7, 11) is -3.89. The zero-order valence-corrected chi connectivity index (χ0v) is 19.4. The van der Waals surface area contributed by atoms with Crippen molar-refractivity contribution < 1.29 is 26.4 Å². The number of nitrogens with one attached hydrogen (secondary N) is 1. The van der Waals surface area contributed by atoms with E-state index in [2.05, 4.69) is 4.72 Å². The van der Waals surface area contributed by atoms with Gasteiger partial charge in [0.15, 0.2) is 0 Å². The average molecular weight is 484 g/mol. The molecule has 1 fully saturated rings. The third-order valence-corrected chi connectivity index (χ3v) is 7.40. The first-order chi connectivity index (χ1) is 15.5. The Morgan fingerprint density at radius 2 is 1.67 bits per heavy atom. The van der Waals surface area contributed by atoms with Gasteiger partial charge in [0.05, 0.1) is 10.5 Å². The van der Waals surface area contributed by atoms with E-state index in [1.54, 1.807) is 34.1 Å². The Labute approximate surface area is 192 Å². The van der Waals surface area contributed by atoms with E-state index in [9.17, 15) is 26.4 Å². The number of nitrogens with zero attached hydrogens (tertiary/aromatic N) is 2. The van der Waals surface area contributed by atoms with Crippen molar-refractivity contribution in [1.82, 2.24) is 9.62 Å². The van der Waals surface area contributed by atoms with Gasteiger partial charge in [0.2, 0.25) is 15.9 Å². The van der Waals surface area contributed by atoms with E-state index in [0.29, 0.717) is 25.2 Å². The number of anilines is 1. The Balaban J connectivity index is 1.71. The highest BCUT2D eigenvalue weighted by atomic mass is 32.2. The maximum Gasteiger partial charge on any atom is 0.416 e. The topological polar surface area (TPSA) is 69.7 Å². The molecule has 1 amide bonds. The third-order valence-electron chi connectivity index (χ3n) is 5.94. The lowest BCUT2D eigenvalue weighted by Gasteiger charge is -2.38. The molecule has 3 rings (SSSR count). The number of carbonyl (C=O) groups is 1. The molecule has 2 atom stereocenters. The molecule has 0 aromatic heterocycles. The number of piperazine rings is 1. The van der Waals surface area contributed by atoms with Crippen molar-refractivity contribution >= 4 is 21.6 Å². The highest BCUT2D eigenvalue weighted by molar-refractivity contribution is 7.89. The largest absolute Gasteiger partial charge is 0.416 e. The van der Waals surface area contributed by atoms with Crippen LogP contribution in [0, 0.1) is 5.92 Å². The third kappa shape index (κ3) is 6.05. The summed E-state index contributed by atoms with van der Waals surface area (Å²) >= 11 is 0. The lowest BCUT2D eigenvalue weighted by molar-refractivity contribution is -0.137. The van der Waals surface area contributed by atoms with Crippen molar-refractivity contribution in [1.29, 1.82) is 0 Å². The molecule has 1 aliphatic heterocycles. The summed E-state index contributed by atoms with van der Waals surface area (Å²) in [6, 6.07) is 12.0. The maximum atomic E-state index is 13.3. The predicted molar refractivity (Wildman–Crippen MR) is 120 cm³/mol. The first kappa shape index (κ1) is 25.0. The minimum absolute atomic E-state index is 0.0838. The van der Waals surface area contributed by atoms with Crippen molar-refractivity contribution in [2.75, 3.05) is 31.1 Å². The van der Waals surface area contributed by atoms with Crippen LogP contribution < -0.4 is 9.62 Å². The molecule has 1 heterocycles. The Kier molecular flexibility index (Phi) is 7.69. The zero-order valence-electron chi connectivity index (χ0n) is 18.5. The standard InChI is InChI=1S/C23H28F3N3O3S/c1-3-17(2)21(27-33(31,32)20-10-5-4-6-11-20)22(30)29-14-12-28(13-15-29)19-9-7-8-18(16-19)23(24,25)26/h4-11,16-17,21,27H,3,12-15H2,1-2H3. The molecule has 2 aromatic carbocycles. The number of hydrogen-bond acceptors (Lipinski definition) is 4. The first-order valence-electron chi connectivity index (χ1n) is 10.8. The number of alkyl halides is 3. The maximum absolute atomic E-state index is 13.3. The van der Waals surface area contributed by atoms with E-state index in [1.807, 2.05) is 13.8 Å². The van der Waals surface area contributed by atoms with Crippen LogP contribution in [0.5, 0.6) is 0 Å². The highest BCUT2D eigenvalue weighted by Crippen LogP contribution is 2.32. The van der Waals surface area contributed by atoms with Crippen molar-refractivity contribution in [3.63, 3.8) is 0 Å². The second-order valence-electron chi connectivity index (χ2n) is 8.16. The lowest BCUT2D eigenvalue weighted by atomic mass is 9.98. The van der Waals surface area contributed by atoms with Crippen LogP contribution in [-0.2, 0) is 21.0 Å². The summed E-state index contributed by atoms with van der Waals surface area (Å²) in [6.07, 6.45) is -3.83. The summed E-state index contributed by atoms with van der Waals surface area (Å²) < 4.78 is 67.3. The normalized spacial score (nSPS) is 17.0. The molecule has 180 valence electrons. The van der Waals surface area contributed by atoms with Crippen LogP contribution >= 0.6 is 0 Å². The van der Waals surface area contributed by atoms with Gasteiger partial charge in [-0.15, -0.1) is 0 Å². The van der Waals surface area contributed by atoms with E-state index in [4.69, 9.17) is 0 Å². The Morgan fingerprint density at radius 1 is 1.03 bits per heavy atom. The minimum Gasteiger partial charge on any atom is -0.368 e. The van der Waals surface area contributed by atoms with Gasteiger partial charge in [-0.05, 0) is 36.2 Å². The minimum atomic E-state index is -4.42. The summed E-state index contributed by atoms with van der Waals surface area (Å²) in [5.41, 5.74) is -0.272. The molecule has 10 heteroatoms. The second-order valence-corrected chi connectivity index (χ2v) is 9.87. The van der Waals surface area contributed by atoms with Crippen LogP contribution in [-0.4, -0.2) is 51.4 Å². The fourth-order valence-corrected chi connectivity index (χ4v) is 5.06. The fraction of sp³-hybridized carbons (Fsp3) is 0.435. The molecule has 1 saturated heterocycles. The van der Waals surface area contributed by atoms with E-state index in [1.165, 1.54) is 18.2 Å². The van der Waals surface area contributed by atoms with Gasteiger partial charge in [-0.3, -0.25) is 4.79 Å². The van der Waals surface area contributed by atoms with Crippen molar-refractivity contribution in [3.8, 4) is 0 Å². The molecule has 0 radical (unpaired) electrons. The van der Waals surface area contributed by atoms with E-state index in [-0.39, 0.29) is 29.8 Å². The number of hydrogen-bond donors (Lipinski definition) is 1. The van der Waals surface area contributed by atoms with Crippen LogP contribution in [0.4, 0.5) is 18.9 Å². The molecule has 2 aromatic rings. The smallest absolute Gasteiger partial charge is 0.368 e. The van der Waals surface area contributed by atoms with Crippen LogP contribution in [0.1, 0.15) is 25.8 Å². The molecule has 33 heavy (non-hydrogen) atoms. The summed E-state index contributed by atoms with van der Waals surface area (Å²) in [6.45, 7) is 4.98. The van der Waals surface area contributed by atoms with Gasteiger partial charge in [-0.2, -0.15) is 17.9 Å². The molecule has 2 unspecified atom stereocenters. The fourth-order valence-electron chi connectivity index (χ4n) is 3.74. The number of carbonyl (C=O) groups excluding carboxylic acids is 1. The van der Waals surface area contributed by atoms with Gasteiger partial charge < -0.3 is 9.80 Å². The van der Waals surface area contributed by atoms with Gasteiger partial charge in [-0.25, -0.2) is 8.42 Å². The molecule has 6 nitrogen and oxygen atoms in total. The van der Waals surface area contributed by atoms with Gasteiger partial charge in [0, 0.05) is 31.9 Å². The molecule has 0 aliphatic carbocycles. The molecule has 0 bridgehead atoms.